The number of methoxy groups -OCH3 is 1. The molecular formula is C13H17NO6S. The highest BCUT2D eigenvalue weighted by atomic mass is 32.2. The Hall–Kier alpha value is -1.93. The molecule has 0 aromatic heterocycles. The number of sulfonamides is 1. The fourth-order valence-corrected chi connectivity index (χ4v) is 2.59. The van der Waals surface area contributed by atoms with Gasteiger partial charge in [-0.3, -0.25) is 9.59 Å². The van der Waals surface area contributed by atoms with Crippen LogP contribution in [0.5, 0.6) is 5.75 Å². The molecule has 0 spiro atoms. The predicted octanol–water partition coefficient (Wildman–Crippen LogP) is 0.494. The van der Waals surface area contributed by atoms with Gasteiger partial charge in [0.15, 0.2) is 5.78 Å². The van der Waals surface area contributed by atoms with E-state index in [2.05, 4.69) is 9.46 Å². The summed E-state index contributed by atoms with van der Waals surface area (Å²) < 4.78 is 35.9. The zero-order chi connectivity index (χ0) is 16.0. The number of hydrogen-bond donors (Lipinski definition) is 1. The molecule has 7 nitrogen and oxygen atoms in total. The second kappa shape index (κ2) is 7.19. The van der Waals surface area contributed by atoms with Gasteiger partial charge in [0.05, 0.1) is 12.0 Å². The summed E-state index contributed by atoms with van der Waals surface area (Å²) in [5.41, 5.74) is 0. The van der Waals surface area contributed by atoms with Crippen LogP contribution in [0, 0.1) is 0 Å². The van der Waals surface area contributed by atoms with Gasteiger partial charge in [0, 0.05) is 0 Å². The van der Waals surface area contributed by atoms with Gasteiger partial charge in [-0.15, -0.1) is 0 Å². The SMILES string of the molecule is COc1ccc(S(=O)(=O)NC(C)C(=O)OCC(C)=O)cc1. The number of carbonyl (C=O) groups is 2. The first-order valence-corrected chi connectivity index (χ1v) is 7.57. The fraction of sp³-hybridized carbons (Fsp3) is 0.385. The van der Waals surface area contributed by atoms with Crippen LogP contribution in [0.15, 0.2) is 29.2 Å². The average molecular weight is 315 g/mol. The molecule has 0 saturated carbocycles. The van der Waals surface area contributed by atoms with E-state index < -0.39 is 22.0 Å². The second-order valence-electron chi connectivity index (χ2n) is 4.33. The van der Waals surface area contributed by atoms with Crippen LogP contribution < -0.4 is 9.46 Å². The Morgan fingerprint density at radius 2 is 1.81 bits per heavy atom. The fourth-order valence-electron chi connectivity index (χ4n) is 1.40. The van der Waals surface area contributed by atoms with Crippen molar-refractivity contribution in [1.82, 2.24) is 4.72 Å². The van der Waals surface area contributed by atoms with Crippen molar-refractivity contribution in [2.45, 2.75) is 24.8 Å². The van der Waals surface area contributed by atoms with E-state index in [-0.39, 0.29) is 17.3 Å². The number of carbonyl (C=O) groups excluding carboxylic acids is 2. The van der Waals surface area contributed by atoms with Crippen molar-refractivity contribution in [3.8, 4) is 5.75 Å². The maximum Gasteiger partial charge on any atom is 0.324 e. The molecule has 0 fully saturated rings. The van der Waals surface area contributed by atoms with Gasteiger partial charge < -0.3 is 9.47 Å². The summed E-state index contributed by atoms with van der Waals surface area (Å²) >= 11 is 0. The first kappa shape index (κ1) is 17.1. The molecule has 0 heterocycles. The largest absolute Gasteiger partial charge is 0.497 e. The summed E-state index contributed by atoms with van der Waals surface area (Å²) in [6.45, 7) is 2.22. The molecule has 8 heteroatoms. The number of rotatable bonds is 7. The van der Waals surface area contributed by atoms with Crippen LogP contribution in [0.25, 0.3) is 0 Å². The van der Waals surface area contributed by atoms with Gasteiger partial charge in [-0.1, -0.05) is 0 Å². The molecule has 0 aliphatic carbocycles. The molecular weight excluding hydrogens is 298 g/mol. The maximum atomic E-state index is 12.1. The maximum absolute atomic E-state index is 12.1. The minimum absolute atomic E-state index is 0.00508. The predicted molar refractivity (Wildman–Crippen MR) is 74.4 cm³/mol. The van der Waals surface area contributed by atoms with Crippen LogP contribution in [0.2, 0.25) is 0 Å². The lowest BCUT2D eigenvalue weighted by Gasteiger charge is -2.13. The average Bonchev–Trinajstić information content (AvgIpc) is 2.44. The highest BCUT2D eigenvalue weighted by Gasteiger charge is 2.23. The first-order valence-electron chi connectivity index (χ1n) is 6.08. The highest BCUT2D eigenvalue weighted by molar-refractivity contribution is 7.89. The van der Waals surface area contributed by atoms with Crippen molar-refractivity contribution in [1.29, 1.82) is 0 Å². The number of hydrogen-bond acceptors (Lipinski definition) is 6. The lowest BCUT2D eigenvalue weighted by atomic mass is 10.3. The summed E-state index contributed by atoms with van der Waals surface area (Å²) in [6, 6.07) is 4.60. The van der Waals surface area contributed by atoms with Crippen LogP contribution in [-0.2, 0) is 24.3 Å². The molecule has 0 bridgehead atoms. The van der Waals surface area contributed by atoms with E-state index in [1.165, 1.54) is 45.2 Å². The Bertz CT molecular complexity index is 608. The molecule has 116 valence electrons. The first-order chi connectivity index (χ1) is 9.76. The molecule has 0 amide bonds. The standard InChI is InChI=1S/C13H17NO6S/c1-9(15)8-20-13(16)10(2)14-21(17,18)12-6-4-11(19-3)5-7-12/h4-7,10,14H,8H2,1-3H3. The number of nitrogens with one attached hydrogen (secondary N) is 1. The number of ketones is 1. The van der Waals surface area contributed by atoms with Gasteiger partial charge in [0.25, 0.3) is 0 Å². The minimum atomic E-state index is -3.86. The van der Waals surface area contributed by atoms with Crippen molar-refractivity contribution in [3.63, 3.8) is 0 Å². The number of benzene rings is 1. The van der Waals surface area contributed by atoms with Gasteiger partial charge >= 0.3 is 5.97 Å². The molecule has 1 unspecified atom stereocenters. The lowest BCUT2D eigenvalue weighted by Crippen LogP contribution is -2.39. The van der Waals surface area contributed by atoms with Crippen molar-refractivity contribution in [2.24, 2.45) is 0 Å². The van der Waals surface area contributed by atoms with Crippen molar-refractivity contribution in [3.05, 3.63) is 24.3 Å². The van der Waals surface area contributed by atoms with E-state index in [4.69, 9.17) is 4.74 Å². The molecule has 1 rings (SSSR count). The van der Waals surface area contributed by atoms with E-state index in [9.17, 15) is 18.0 Å². The van der Waals surface area contributed by atoms with Gasteiger partial charge in [-0.25, -0.2) is 8.42 Å². The Morgan fingerprint density at radius 3 is 2.29 bits per heavy atom. The number of ether oxygens (including phenoxy) is 2. The van der Waals surface area contributed by atoms with Gasteiger partial charge in [0.1, 0.15) is 18.4 Å². The Balaban J connectivity index is 2.74. The molecule has 0 radical (unpaired) electrons. The van der Waals surface area contributed by atoms with Gasteiger partial charge in [0.2, 0.25) is 10.0 Å². The minimum Gasteiger partial charge on any atom is -0.497 e. The zero-order valence-corrected chi connectivity index (χ0v) is 12.8. The van der Waals surface area contributed by atoms with Crippen molar-refractivity contribution < 1.29 is 27.5 Å². The Kier molecular flexibility index (Phi) is 5.86. The van der Waals surface area contributed by atoms with Gasteiger partial charge in [-0.2, -0.15) is 4.72 Å². The number of esters is 1. The normalized spacial score (nSPS) is 12.5. The molecule has 0 aliphatic heterocycles. The van der Waals surface area contributed by atoms with Crippen molar-refractivity contribution in [2.75, 3.05) is 13.7 Å². The lowest BCUT2D eigenvalue weighted by molar-refractivity contribution is -0.148. The third-order valence-corrected chi connectivity index (χ3v) is 4.03. The van der Waals surface area contributed by atoms with Crippen LogP contribution in [0.4, 0.5) is 0 Å². The number of Topliss-reactive ketones (excluding diaryl/α,β-unsaturated/α-hetero) is 1. The van der Waals surface area contributed by atoms with E-state index in [1.807, 2.05) is 0 Å². The second-order valence-corrected chi connectivity index (χ2v) is 6.04. The van der Waals surface area contributed by atoms with E-state index in [0.29, 0.717) is 5.75 Å². The van der Waals surface area contributed by atoms with Crippen molar-refractivity contribution >= 4 is 21.8 Å². The molecule has 1 N–H and O–H groups in total. The summed E-state index contributed by atoms with van der Waals surface area (Å²) in [6.07, 6.45) is 0. The molecule has 0 aliphatic rings. The van der Waals surface area contributed by atoms with E-state index in [1.54, 1.807) is 0 Å². The smallest absolute Gasteiger partial charge is 0.324 e. The summed E-state index contributed by atoms with van der Waals surface area (Å²) in [7, 11) is -2.39. The molecule has 0 saturated heterocycles. The third-order valence-electron chi connectivity index (χ3n) is 2.47. The third kappa shape index (κ3) is 5.16. The summed E-state index contributed by atoms with van der Waals surface area (Å²) in [5, 5.41) is 0. The van der Waals surface area contributed by atoms with Crippen LogP contribution in [-0.4, -0.2) is 39.9 Å². The van der Waals surface area contributed by atoms with E-state index in [0.717, 1.165) is 0 Å². The van der Waals surface area contributed by atoms with Gasteiger partial charge in [-0.05, 0) is 38.1 Å². The van der Waals surface area contributed by atoms with E-state index >= 15 is 0 Å². The summed E-state index contributed by atoms with van der Waals surface area (Å²) in [4.78, 5) is 22.2. The van der Waals surface area contributed by atoms with Crippen LogP contribution in [0.3, 0.4) is 0 Å². The Labute approximate surface area is 123 Å². The summed E-state index contributed by atoms with van der Waals surface area (Å²) in [5.74, 6) is -0.626. The monoisotopic (exact) mass is 315 g/mol. The van der Waals surface area contributed by atoms with Crippen LogP contribution >= 0.6 is 0 Å². The molecule has 21 heavy (non-hydrogen) atoms. The molecule has 1 atom stereocenters. The quantitative estimate of drug-likeness (QED) is 0.735. The molecule has 1 aromatic rings. The topological polar surface area (TPSA) is 98.8 Å². The highest BCUT2D eigenvalue weighted by Crippen LogP contribution is 2.15. The molecule has 1 aromatic carbocycles. The zero-order valence-electron chi connectivity index (χ0n) is 12.0. The Morgan fingerprint density at radius 1 is 1.24 bits per heavy atom. The van der Waals surface area contributed by atoms with Crippen LogP contribution in [0.1, 0.15) is 13.8 Å².